The Balaban J connectivity index is 0.00000392. The van der Waals surface area contributed by atoms with E-state index < -0.39 is 0 Å². The molecule has 0 fully saturated rings. The van der Waals surface area contributed by atoms with Gasteiger partial charge in [0.05, 0.1) is 31.1 Å². The van der Waals surface area contributed by atoms with Crippen LogP contribution in [0.2, 0.25) is 0 Å². The smallest absolute Gasteiger partial charge is 0.193 e. The maximum atomic E-state index is 6.15. The zero-order chi connectivity index (χ0) is 19.8. The zero-order valence-electron chi connectivity index (χ0n) is 17.4. The average Bonchev–Trinajstić information content (AvgIpc) is 2.97. The topological polar surface area (TPSA) is 86.7 Å². The van der Waals surface area contributed by atoms with E-state index in [2.05, 4.69) is 29.3 Å². The van der Waals surface area contributed by atoms with E-state index in [1.807, 2.05) is 43.8 Å². The van der Waals surface area contributed by atoms with Crippen molar-refractivity contribution in [2.24, 2.45) is 17.8 Å². The molecule has 0 bridgehead atoms. The molecule has 0 unspecified atom stereocenters. The van der Waals surface area contributed by atoms with E-state index in [4.69, 9.17) is 15.2 Å². The Hall–Kier alpha value is -1.97. The minimum atomic E-state index is 0. The first-order chi connectivity index (χ1) is 13.0. The van der Waals surface area contributed by atoms with Crippen molar-refractivity contribution < 1.29 is 9.47 Å². The monoisotopic (exact) mass is 501 g/mol. The maximum Gasteiger partial charge on any atom is 0.193 e. The molecule has 0 aliphatic rings. The Morgan fingerprint density at radius 2 is 1.86 bits per heavy atom. The van der Waals surface area contributed by atoms with E-state index >= 15 is 0 Å². The number of rotatable bonds is 9. The van der Waals surface area contributed by atoms with Crippen LogP contribution < -0.4 is 20.5 Å². The lowest BCUT2D eigenvalue weighted by molar-refractivity contribution is 0.332. The predicted octanol–water partition coefficient (Wildman–Crippen LogP) is 3.89. The quantitative estimate of drug-likeness (QED) is 0.310. The molecule has 0 aliphatic carbocycles. The molecule has 7 nitrogen and oxygen atoms in total. The third kappa shape index (κ3) is 6.02. The number of benzene rings is 1. The highest BCUT2D eigenvalue weighted by Gasteiger charge is 2.13. The Bertz CT molecular complexity index is 789. The molecular weight excluding hydrogens is 469 g/mol. The van der Waals surface area contributed by atoms with E-state index in [9.17, 15) is 0 Å². The van der Waals surface area contributed by atoms with Gasteiger partial charge in [-0.25, -0.2) is 4.99 Å². The van der Waals surface area contributed by atoms with Crippen LogP contribution in [0.5, 0.6) is 11.5 Å². The number of aromatic nitrogens is 2. The number of aliphatic imine (C=N–C) groups is 1. The third-order valence-electron chi connectivity index (χ3n) is 4.26. The largest absolute Gasteiger partial charge is 0.494 e. The summed E-state index contributed by atoms with van der Waals surface area (Å²) in [6, 6.07) is 5.62. The zero-order valence-corrected chi connectivity index (χ0v) is 19.7. The van der Waals surface area contributed by atoms with Crippen molar-refractivity contribution in [1.82, 2.24) is 9.78 Å². The van der Waals surface area contributed by atoms with E-state index in [0.29, 0.717) is 31.5 Å². The van der Waals surface area contributed by atoms with Crippen molar-refractivity contribution in [3.05, 3.63) is 35.2 Å². The Labute approximate surface area is 184 Å². The van der Waals surface area contributed by atoms with Crippen LogP contribution in [0, 0.1) is 0 Å². The third-order valence-corrected chi connectivity index (χ3v) is 4.26. The minimum Gasteiger partial charge on any atom is -0.494 e. The first-order valence-electron chi connectivity index (χ1n) is 9.54. The summed E-state index contributed by atoms with van der Waals surface area (Å²) >= 11 is 0. The Morgan fingerprint density at radius 3 is 2.46 bits per heavy atom. The molecule has 2 aromatic rings. The molecule has 156 valence electrons. The molecule has 3 N–H and O–H groups in total. The maximum absolute atomic E-state index is 6.15. The second-order valence-corrected chi connectivity index (χ2v) is 6.05. The summed E-state index contributed by atoms with van der Waals surface area (Å²) in [5, 5.41) is 7.72. The van der Waals surface area contributed by atoms with Crippen LogP contribution in [0.3, 0.4) is 0 Å². The highest BCUT2D eigenvalue weighted by atomic mass is 127. The molecule has 28 heavy (non-hydrogen) atoms. The van der Waals surface area contributed by atoms with Crippen LogP contribution in [-0.2, 0) is 26.4 Å². The normalized spacial score (nSPS) is 11.1. The molecule has 8 heteroatoms. The number of halogens is 1. The van der Waals surface area contributed by atoms with E-state index in [0.717, 1.165) is 35.5 Å². The molecule has 1 heterocycles. The van der Waals surface area contributed by atoms with Crippen molar-refractivity contribution >= 4 is 35.6 Å². The van der Waals surface area contributed by atoms with Gasteiger partial charge in [0, 0.05) is 24.4 Å². The van der Waals surface area contributed by atoms with Gasteiger partial charge in [0.2, 0.25) is 0 Å². The highest BCUT2D eigenvalue weighted by Crippen LogP contribution is 2.29. The predicted molar refractivity (Wildman–Crippen MR) is 125 cm³/mol. The van der Waals surface area contributed by atoms with E-state index in [1.165, 1.54) is 5.69 Å². The SMILES string of the molecule is CCOc1ccc(OCC)c(NC(N)=NCc2c(CC)nn(C)c2CC)c1.I. The van der Waals surface area contributed by atoms with Crippen LogP contribution in [0.4, 0.5) is 5.69 Å². The summed E-state index contributed by atoms with van der Waals surface area (Å²) in [7, 11) is 1.97. The number of anilines is 1. The van der Waals surface area contributed by atoms with Gasteiger partial charge in [0.25, 0.3) is 0 Å². The van der Waals surface area contributed by atoms with Gasteiger partial charge in [-0.15, -0.1) is 24.0 Å². The molecule has 0 atom stereocenters. The van der Waals surface area contributed by atoms with Gasteiger partial charge in [-0.05, 0) is 38.8 Å². The first-order valence-corrected chi connectivity index (χ1v) is 9.54. The van der Waals surface area contributed by atoms with Gasteiger partial charge in [0.1, 0.15) is 11.5 Å². The molecular formula is C20H32IN5O2. The fourth-order valence-electron chi connectivity index (χ4n) is 3.06. The summed E-state index contributed by atoms with van der Waals surface area (Å²) < 4.78 is 13.2. The molecule has 1 aromatic carbocycles. The van der Waals surface area contributed by atoms with Gasteiger partial charge in [0.15, 0.2) is 5.96 Å². The van der Waals surface area contributed by atoms with Crippen molar-refractivity contribution in [1.29, 1.82) is 0 Å². The number of nitrogens with zero attached hydrogens (tertiary/aromatic N) is 3. The molecule has 0 saturated carbocycles. The van der Waals surface area contributed by atoms with Gasteiger partial charge in [-0.1, -0.05) is 13.8 Å². The second-order valence-electron chi connectivity index (χ2n) is 6.05. The summed E-state index contributed by atoms with van der Waals surface area (Å²) in [4.78, 5) is 4.53. The second kappa shape index (κ2) is 11.8. The Kier molecular flexibility index (Phi) is 10.1. The number of nitrogens with one attached hydrogen (secondary N) is 1. The van der Waals surface area contributed by atoms with Crippen molar-refractivity contribution in [2.75, 3.05) is 18.5 Å². The van der Waals surface area contributed by atoms with Crippen molar-refractivity contribution in [3.63, 3.8) is 0 Å². The lowest BCUT2D eigenvalue weighted by Gasteiger charge is -2.14. The van der Waals surface area contributed by atoms with Crippen molar-refractivity contribution in [2.45, 2.75) is 47.1 Å². The standard InChI is InChI=1S/C20H31N5O2.HI/c1-6-16-15(18(7-2)25(5)24-16)13-22-20(21)23-17-12-14(26-8-3)10-11-19(17)27-9-4;/h10-12H,6-9,13H2,1-5H3,(H3,21,22,23);1H. The molecule has 0 aliphatic heterocycles. The van der Waals surface area contributed by atoms with Gasteiger partial charge in [-0.3, -0.25) is 4.68 Å². The van der Waals surface area contributed by atoms with E-state index in [1.54, 1.807) is 0 Å². The molecule has 0 radical (unpaired) electrons. The van der Waals surface area contributed by atoms with Crippen LogP contribution in [0.1, 0.15) is 44.6 Å². The summed E-state index contributed by atoms with van der Waals surface area (Å²) in [5.74, 6) is 1.80. The summed E-state index contributed by atoms with van der Waals surface area (Å²) in [6.07, 6.45) is 1.78. The Morgan fingerprint density at radius 1 is 1.14 bits per heavy atom. The first kappa shape index (κ1) is 24.1. The lowest BCUT2D eigenvalue weighted by atomic mass is 10.1. The number of hydrogen-bond donors (Lipinski definition) is 2. The fraction of sp³-hybridized carbons (Fsp3) is 0.500. The highest BCUT2D eigenvalue weighted by molar-refractivity contribution is 14.0. The number of guanidine groups is 1. The summed E-state index contributed by atoms with van der Waals surface area (Å²) in [6.45, 7) is 9.77. The number of ether oxygens (including phenoxy) is 2. The van der Waals surface area contributed by atoms with Gasteiger partial charge in [-0.2, -0.15) is 5.10 Å². The number of nitrogens with two attached hydrogens (primary N) is 1. The lowest BCUT2D eigenvalue weighted by Crippen LogP contribution is -2.23. The van der Waals surface area contributed by atoms with Gasteiger partial charge < -0.3 is 20.5 Å². The average molecular weight is 501 g/mol. The van der Waals surface area contributed by atoms with Crippen LogP contribution in [0.25, 0.3) is 0 Å². The van der Waals surface area contributed by atoms with E-state index in [-0.39, 0.29) is 24.0 Å². The minimum absolute atomic E-state index is 0. The fourth-order valence-corrected chi connectivity index (χ4v) is 3.06. The number of aryl methyl sites for hydroxylation is 2. The molecule has 0 saturated heterocycles. The molecule has 0 amide bonds. The molecule has 1 aromatic heterocycles. The molecule has 2 rings (SSSR count). The number of hydrogen-bond acceptors (Lipinski definition) is 4. The van der Waals surface area contributed by atoms with Crippen LogP contribution >= 0.6 is 24.0 Å². The van der Waals surface area contributed by atoms with Crippen molar-refractivity contribution in [3.8, 4) is 11.5 Å². The summed E-state index contributed by atoms with van der Waals surface area (Å²) in [5.41, 5.74) is 10.3. The van der Waals surface area contributed by atoms with Crippen LogP contribution in [0.15, 0.2) is 23.2 Å². The molecule has 0 spiro atoms. The van der Waals surface area contributed by atoms with Crippen LogP contribution in [-0.4, -0.2) is 29.0 Å². The van der Waals surface area contributed by atoms with Gasteiger partial charge >= 0.3 is 0 Å².